The van der Waals surface area contributed by atoms with Gasteiger partial charge in [-0.2, -0.15) is 26.7 Å². The zero-order valence-corrected chi connectivity index (χ0v) is 14.8. The monoisotopic (exact) mass is 354 g/mol. The average Bonchev–Trinajstić information content (AvgIpc) is 2.37. The molecule has 0 N–H and O–H groups in total. The summed E-state index contributed by atoms with van der Waals surface area (Å²) in [6.07, 6.45) is -2.77. The van der Waals surface area contributed by atoms with Crippen LogP contribution in [-0.2, 0) is 4.84 Å². The Morgan fingerprint density at radius 2 is 2.05 bits per heavy atom. The van der Waals surface area contributed by atoms with E-state index in [0.29, 0.717) is 11.3 Å². The van der Waals surface area contributed by atoms with Crippen LogP contribution in [0.2, 0.25) is 0 Å². The Morgan fingerprint density at radius 3 is 2.55 bits per heavy atom. The van der Waals surface area contributed by atoms with Crippen molar-refractivity contribution in [1.29, 1.82) is 0 Å². The van der Waals surface area contributed by atoms with Crippen LogP contribution >= 0.6 is 25.3 Å². The molecule has 0 aromatic carbocycles. The van der Waals surface area contributed by atoms with Crippen LogP contribution in [0.3, 0.4) is 0 Å². The zero-order chi connectivity index (χ0) is 16.0. The minimum atomic E-state index is -4.38. The first-order chi connectivity index (χ1) is 9.74. The fourth-order valence-electron chi connectivity index (χ4n) is 1.61. The molecule has 1 heterocycles. The van der Waals surface area contributed by atoms with E-state index in [0.717, 1.165) is 16.3 Å². The van der Waals surface area contributed by atoms with Crippen molar-refractivity contribution >= 4 is 31.0 Å². The summed E-state index contributed by atoms with van der Waals surface area (Å²) in [5, 5.41) is 3.50. The maximum Gasteiger partial charge on any atom is 0.425 e. The van der Waals surface area contributed by atoms with E-state index in [1.807, 2.05) is 13.0 Å². The Bertz CT molecular complexity index is 505. The molecule has 22 heavy (non-hydrogen) atoms. The number of oxime groups is 1. The summed E-state index contributed by atoms with van der Waals surface area (Å²) < 4.78 is 36.0. The normalized spacial score (nSPS) is 12.3. The van der Waals surface area contributed by atoms with E-state index >= 15 is 0 Å². The summed E-state index contributed by atoms with van der Waals surface area (Å²) >= 11 is 1.65. The highest BCUT2D eigenvalue weighted by molar-refractivity contribution is 7.99. The maximum absolute atomic E-state index is 12.0. The minimum absolute atomic E-state index is 0. The van der Waals surface area contributed by atoms with Gasteiger partial charge in [0.25, 0.3) is 0 Å². The fourth-order valence-corrected chi connectivity index (χ4v) is 2.57. The SMILES string of the molecule is CCSc1cc(/C(C)=N/OCC(F)(F)F)cnc1C(C)C.S. The maximum atomic E-state index is 12.0. The van der Waals surface area contributed by atoms with E-state index in [1.165, 1.54) is 0 Å². The molecule has 0 atom stereocenters. The van der Waals surface area contributed by atoms with Crippen LogP contribution in [0.1, 0.15) is 44.9 Å². The third kappa shape index (κ3) is 6.91. The molecule has 0 bridgehead atoms. The van der Waals surface area contributed by atoms with Gasteiger partial charge in [-0.05, 0) is 24.7 Å². The van der Waals surface area contributed by atoms with E-state index in [9.17, 15) is 13.2 Å². The van der Waals surface area contributed by atoms with Gasteiger partial charge in [0.15, 0.2) is 0 Å². The summed E-state index contributed by atoms with van der Waals surface area (Å²) in [4.78, 5) is 9.74. The van der Waals surface area contributed by atoms with Gasteiger partial charge in [-0.15, -0.1) is 11.8 Å². The zero-order valence-electron chi connectivity index (χ0n) is 13.0. The number of aromatic nitrogens is 1. The number of nitrogens with zero attached hydrogens (tertiary/aromatic N) is 2. The molecule has 0 amide bonds. The molecule has 0 fully saturated rings. The lowest BCUT2D eigenvalue weighted by Gasteiger charge is -2.12. The average molecular weight is 354 g/mol. The summed E-state index contributed by atoms with van der Waals surface area (Å²) in [6.45, 7) is 6.35. The Labute approximate surface area is 140 Å². The highest BCUT2D eigenvalue weighted by Crippen LogP contribution is 2.27. The standard InChI is InChI=1S/C14H19F3N2OS.H2S/c1-5-21-12-6-11(7-18-13(12)9(2)3)10(4)19-20-8-14(15,16)17;/h6-7,9H,5,8H2,1-4H3;1H2/b19-10+;. The quantitative estimate of drug-likeness (QED) is 0.421. The molecule has 126 valence electrons. The van der Waals surface area contributed by atoms with Crippen LogP contribution < -0.4 is 0 Å². The molecule has 3 nitrogen and oxygen atoms in total. The van der Waals surface area contributed by atoms with Gasteiger partial charge >= 0.3 is 6.18 Å². The molecule has 0 spiro atoms. The first-order valence-electron chi connectivity index (χ1n) is 6.61. The predicted molar refractivity (Wildman–Crippen MR) is 89.3 cm³/mol. The van der Waals surface area contributed by atoms with Gasteiger partial charge in [0.2, 0.25) is 6.61 Å². The topological polar surface area (TPSA) is 34.5 Å². The van der Waals surface area contributed by atoms with Crippen molar-refractivity contribution in [2.24, 2.45) is 5.16 Å². The summed E-state index contributed by atoms with van der Waals surface area (Å²) in [5.41, 5.74) is 2.02. The fraction of sp³-hybridized carbons (Fsp3) is 0.571. The Balaban J connectivity index is 0.00000441. The Kier molecular flexibility index (Phi) is 8.92. The Morgan fingerprint density at radius 1 is 1.41 bits per heavy atom. The van der Waals surface area contributed by atoms with Crippen LogP contribution in [-0.4, -0.2) is 29.2 Å². The van der Waals surface area contributed by atoms with Crippen LogP contribution in [0, 0.1) is 0 Å². The van der Waals surface area contributed by atoms with Crippen molar-refractivity contribution in [2.75, 3.05) is 12.4 Å². The van der Waals surface area contributed by atoms with Crippen molar-refractivity contribution < 1.29 is 18.0 Å². The number of hydrogen-bond donors (Lipinski definition) is 0. The first kappa shape index (κ1) is 21.1. The molecule has 0 saturated heterocycles. The van der Waals surface area contributed by atoms with Crippen molar-refractivity contribution in [3.05, 3.63) is 23.5 Å². The lowest BCUT2D eigenvalue weighted by atomic mass is 10.1. The summed E-state index contributed by atoms with van der Waals surface area (Å²) in [6, 6.07) is 1.90. The summed E-state index contributed by atoms with van der Waals surface area (Å²) in [7, 11) is 0. The van der Waals surface area contributed by atoms with E-state index in [-0.39, 0.29) is 19.4 Å². The molecule has 0 aliphatic rings. The van der Waals surface area contributed by atoms with Gasteiger partial charge in [0, 0.05) is 16.7 Å². The van der Waals surface area contributed by atoms with Gasteiger partial charge in [-0.3, -0.25) is 4.98 Å². The van der Waals surface area contributed by atoms with Gasteiger partial charge in [0.05, 0.1) is 11.4 Å². The second kappa shape index (κ2) is 9.29. The van der Waals surface area contributed by atoms with E-state index in [4.69, 9.17) is 0 Å². The molecular formula is C14H21F3N2OS2. The molecule has 8 heteroatoms. The van der Waals surface area contributed by atoms with Gasteiger partial charge in [0.1, 0.15) is 0 Å². The molecule has 1 aromatic rings. The molecule has 1 rings (SSSR count). The van der Waals surface area contributed by atoms with Crippen molar-refractivity contribution in [3.63, 3.8) is 0 Å². The second-order valence-corrected chi connectivity index (χ2v) is 6.07. The van der Waals surface area contributed by atoms with E-state index in [1.54, 1.807) is 24.9 Å². The number of thioether (sulfide) groups is 1. The van der Waals surface area contributed by atoms with Gasteiger partial charge < -0.3 is 4.84 Å². The van der Waals surface area contributed by atoms with Crippen molar-refractivity contribution in [2.45, 2.75) is 44.7 Å². The molecule has 0 aliphatic carbocycles. The minimum Gasteiger partial charge on any atom is -0.386 e. The third-order valence-corrected chi connectivity index (χ3v) is 3.50. The summed E-state index contributed by atoms with van der Waals surface area (Å²) in [5.74, 6) is 1.18. The molecular weight excluding hydrogens is 333 g/mol. The number of alkyl halides is 3. The predicted octanol–water partition coefficient (Wildman–Crippen LogP) is 4.73. The number of hydrogen-bond acceptors (Lipinski definition) is 4. The molecule has 0 saturated carbocycles. The van der Waals surface area contributed by atoms with Crippen LogP contribution in [0.4, 0.5) is 13.2 Å². The number of rotatable bonds is 6. The molecule has 0 unspecified atom stereocenters. The van der Waals surface area contributed by atoms with E-state index in [2.05, 4.69) is 28.8 Å². The van der Waals surface area contributed by atoms with Crippen molar-refractivity contribution in [1.82, 2.24) is 4.98 Å². The van der Waals surface area contributed by atoms with Crippen molar-refractivity contribution in [3.8, 4) is 0 Å². The highest BCUT2D eigenvalue weighted by atomic mass is 32.2. The molecule has 0 aliphatic heterocycles. The van der Waals surface area contributed by atoms with E-state index < -0.39 is 12.8 Å². The molecule has 1 aromatic heterocycles. The first-order valence-corrected chi connectivity index (χ1v) is 7.59. The number of pyridine rings is 1. The smallest absolute Gasteiger partial charge is 0.386 e. The third-order valence-electron chi connectivity index (χ3n) is 2.58. The molecule has 0 radical (unpaired) electrons. The lowest BCUT2D eigenvalue weighted by molar-refractivity contribution is -0.173. The lowest BCUT2D eigenvalue weighted by Crippen LogP contribution is -2.15. The highest BCUT2D eigenvalue weighted by Gasteiger charge is 2.28. The number of halogens is 3. The van der Waals surface area contributed by atoms with Gasteiger partial charge in [-0.25, -0.2) is 0 Å². The second-order valence-electron chi connectivity index (χ2n) is 4.76. The Hall–Kier alpha value is -0.890. The van der Waals surface area contributed by atoms with Crippen LogP contribution in [0.25, 0.3) is 0 Å². The van der Waals surface area contributed by atoms with Crippen LogP contribution in [0.5, 0.6) is 0 Å². The largest absolute Gasteiger partial charge is 0.425 e. The van der Waals surface area contributed by atoms with Crippen LogP contribution in [0.15, 0.2) is 22.3 Å². The van der Waals surface area contributed by atoms with Gasteiger partial charge in [-0.1, -0.05) is 25.9 Å².